The van der Waals surface area contributed by atoms with Crippen LogP contribution in [0.25, 0.3) is 0 Å². The Morgan fingerprint density at radius 1 is 1.46 bits per heavy atom. The monoisotopic (exact) mass is 196 g/mol. The van der Waals surface area contributed by atoms with Gasteiger partial charge < -0.3 is 5.11 Å². The highest BCUT2D eigenvalue weighted by Gasteiger charge is 2.05. The number of benzene rings is 1. The molecule has 0 aliphatic heterocycles. The number of rotatable bonds is 3. The third-order valence-electron chi connectivity index (χ3n) is 1.86. The van der Waals surface area contributed by atoms with Crippen LogP contribution in [-0.2, 0) is 6.42 Å². The van der Waals surface area contributed by atoms with Gasteiger partial charge in [-0.2, -0.15) is 0 Å². The molecule has 0 amide bonds. The van der Waals surface area contributed by atoms with Crippen LogP contribution in [0.3, 0.4) is 0 Å². The van der Waals surface area contributed by atoms with Crippen LogP contribution < -0.4 is 0 Å². The van der Waals surface area contributed by atoms with E-state index in [9.17, 15) is 4.79 Å². The molecule has 2 nitrogen and oxygen atoms in total. The number of carbonyl (C=O) groups is 1. The van der Waals surface area contributed by atoms with Crippen molar-refractivity contribution in [2.75, 3.05) is 6.26 Å². The van der Waals surface area contributed by atoms with E-state index < -0.39 is 5.97 Å². The van der Waals surface area contributed by atoms with Gasteiger partial charge in [0, 0.05) is 4.90 Å². The first-order chi connectivity index (χ1) is 6.17. The zero-order valence-corrected chi connectivity index (χ0v) is 8.52. The molecule has 70 valence electrons. The first kappa shape index (κ1) is 10.1. The average molecular weight is 196 g/mol. The quantitative estimate of drug-likeness (QED) is 0.755. The number of hydrogen-bond donors (Lipinski definition) is 1. The van der Waals surface area contributed by atoms with Crippen molar-refractivity contribution >= 4 is 17.7 Å². The molecule has 1 rings (SSSR count). The third kappa shape index (κ3) is 2.49. The van der Waals surface area contributed by atoms with Gasteiger partial charge in [0.2, 0.25) is 0 Å². The van der Waals surface area contributed by atoms with Crippen molar-refractivity contribution < 1.29 is 9.90 Å². The molecule has 1 aromatic rings. The molecule has 0 atom stereocenters. The predicted molar refractivity (Wildman–Crippen MR) is 54.6 cm³/mol. The summed E-state index contributed by atoms with van der Waals surface area (Å²) >= 11 is 1.57. The molecule has 1 N–H and O–H groups in total. The molecule has 3 heteroatoms. The van der Waals surface area contributed by atoms with Gasteiger partial charge in [-0.25, -0.2) is 4.79 Å². The first-order valence-corrected chi connectivity index (χ1v) is 5.31. The number of thioether (sulfide) groups is 1. The minimum Gasteiger partial charge on any atom is -0.478 e. The molecular formula is C10H12O2S. The standard InChI is InChI=1S/C10H12O2S/c1-3-7-4-8(10(11)12)6-9(5-7)13-2/h4-6H,3H2,1-2H3,(H,11,12). The van der Waals surface area contributed by atoms with Crippen LogP contribution in [-0.4, -0.2) is 17.3 Å². The van der Waals surface area contributed by atoms with Crippen molar-refractivity contribution in [2.45, 2.75) is 18.2 Å². The maximum Gasteiger partial charge on any atom is 0.335 e. The Morgan fingerprint density at radius 2 is 2.15 bits per heavy atom. The lowest BCUT2D eigenvalue weighted by Gasteiger charge is -2.03. The highest BCUT2D eigenvalue weighted by Crippen LogP contribution is 2.19. The number of hydrogen-bond acceptors (Lipinski definition) is 2. The molecule has 1 aromatic carbocycles. The van der Waals surface area contributed by atoms with Gasteiger partial charge in [-0.3, -0.25) is 0 Å². The summed E-state index contributed by atoms with van der Waals surface area (Å²) < 4.78 is 0. The van der Waals surface area contributed by atoms with Crippen LogP contribution in [0.2, 0.25) is 0 Å². The summed E-state index contributed by atoms with van der Waals surface area (Å²) in [6, 6.07) is 5.45. The van der Waals surface area contributed by atoms with E-state index in [4.69, 9.17) is 5.11 Å². The molecule has 0 saturated heterocycles. The number of carboxylic acids is 1. The van der Waals surface area contributed by atoms with E-state index in [1.54, 1.807) is 23.9 Å². The molecule has 0 heterocycles. The molecule has 0 saturated carbocycles. The van der Waals surface area contributed by atoms with E-state index in [1.807, 2.05) is 19.2 Å². The van der Waals surface area contributed by atoms with Gasteiger partial charge in [-0.1, -0.05) is 6.92 Å². The lowest BCUT2D eigenvalue weighted by molar-refractivity contribution is 0.0696. The zero-order valence-electron chi connectivity index (χ0n) is 7.70. The Bertz CT molecular complexity index is 298. The van der Waals surface area contributed by atoms with E-state index in [0.29, 0.717) is 5.56 Å². The highest BCUT2D eigenvalue weighted by atomic mass is 32.2. The molecular weight excluding hydrogens is 184 g/mol. The smallest absolute Gasteiger partial charge is 0.335 e. The molecule has 0 fully saturated rings. The van der Waals surface area contributed by atoms with Crippen LogP contribution >= 0.6 is 11.8 Å². The molecule has 0 aromatic heterocycles. The van der Waals surface area contributed by atoms with Gasteiger partial charge in [0.05, 0.1) is 5.56 Å². The Morgan fingerprint density at radius 3 is 2.62 bits per heavy atom. The van der Waals surface area contributed by atoms with Crippen molar-refractivity contribution in [2.24, 2.45) is 0 Å². The number of aryl methyl sites for hydroxylation is 1. The summed E-state index contributed by atoms with van der Waals surface area (Å²) in [6.07, 6.45) is 2.81. The topological polar surface area (TPSA) is 37.3 Å². The van der Waals surface area contributed by atoms with Crippen LogP contribution in [0.5, 0.6) is 0 Å². The molecule has 0 aliphatic carbocycles. The van der Waals surface area contributed by atoms with Crippen molar-refractivity contribution in [1.29, 1.82) is 0 Å². The Labute approximate surface area is 82.0 Å². The van der Waals surface area contributed by atoms with Crippen molar-refractivity contribution in [3.8, 4) is 0 Å². The van der Waals surface area contributed by atoms with Crippen molar-refractivity contribution in [1.82, 2.24) is 0 Å². The summed E-state index contributed by atoms with van der Waals surface area (Å²) in [4.78, 5) is 11.7. The minimum atomic E-state index is -0.856. The Kier molecular flexibility index (Phi) is 3.37. The van der Waals surface area contributed by atoms with Crippen LogP contribution in [0.15, 0.2) is 23.1 Å². The number of carboxylic acid groups (broad SMARTS) is 1. The largest absolute Gasteiger partial charge is 0.478 e. The van der Waals surface area contributed by atoms with E-state index in [2.05, 4.69) is 0 Å². The first-order valence-electron chi connectivity index (χ1n) is 4.08. The van der Waals surface area contributed by atoms with E-state index >= 15 is 0 Å². The summed E-state index contributed by atoms with van der Waals surface area (Å²) in [5.41, 5.74) is 1.45. The lowest BCUT2D eigenvalue weighted by Crippen LogP contribution is -1.97. The second-order valence-corrected chi connectivity index (χ2v) is 3.61. The van der Waals surface area contributed by atoms with Gasteiger partial charge >= 0.3 is 5.97 Å². The van der Waals surface area contributed by atoms with Gasteiger partial charge in [-0.05, 0) is 36.4 Å². The second kappa shape index (κ2) is 4.33. The van der Waals surface area contributed by atoms with Crippen LogP contribution in [0, 0.1) is 0 Å². The third-order valence-corrected chi connectivity index (χ3v) is 2.56. The summed E-state index contributed by atoms with van der Waals surface area (Å²) in [7, 11) is 0. The fourth-order valence-corrected chi connectivity index (χ4v) is 1.62. The lowest BCUT2D eigenvalue weighted by atomic mass is 10.1. The SMILES string of the molecule is CCc1cc(SC)cc(C(=O)O)c1. The Hall–Kier alpha value is -0.960. The van der Waals surface area contributed by atoms with Crippen molar-refractivity contribution in [3.05, 3.63) is 29.3 Å². The molecule has 0 radical (unpaired) electrons. The molecule has 0 aliphatic rings. The normalized spacial score (nSPS) is 10.0. The second-order valence-electron chi connectivity index (χ2n) is 2.73. The van der Waals surface area contributed by atoms with Crippen LogP contribution in [0.1, 0.15) is 22.8 Å². The maximum absolute atomic E-state index is 10.7. The van der Waals surface area contributed by atoms with Crippen LogP contribution in [0.4, 0.5) is 0 Å². The van der Waals surface area contributed by atoms with E-state index in [-0.39, 0.29) is 0 Å². The Balaban J connectivity index is 3.14. The zero-order chi connectivity index (χ0) is 9.84. The van der Waals surface area contributed by atoms with Gasteiger partial charge in [0.25, 0.3) is 0 Å². The summed E-state index contributed by atoms with van der Waals surface area (Å²) in [5.74, 6) is -0.856. The van der Waals surface area contributed by atoms with Crippen molar-refractivity contribution in [3.63, 3.8) is 0 Å². The van der Waals surface area contributed by atoms with Gasteiger partial charge in [-0.15, -0.1) is 11.8 Å². The summed E-state index contributed by atoms with van der Waals surface area (Å²) in [5, 5.41) is 8.82. The summed E-state index contributed by atoms with van der Waals surface area (Å²) in [6.45, 7) is 2.02. The molecule has 0 bridgehead atoms. The van der Waals surface area contributed by atoms with E-state index in [1.165, 1.54) is 0 Å². The average Bonchev–Trinajstić information content (AvgIpc) is 2.16. The minimum absolute atomic E-state index is 0.378. The molecule has 0 spiro atoms. The van der Waals surface area contributed by atoms with E-state index in [0.717, 1.165) is 16.9 Å². The number of aromatic carboxylic acids is 1. The fraction of sp³-hybridized carbons (Fsp3) is 0.300. The molecule has 13 heavy (non-hydrogen) atoms. The fourth-order valence-electron chi connectivity index (χ4n) is 1.11. The highest BCUT2D eigenvalue weighted by molar-refractivity contribution is 7.98. The maximum atomic E-state index is 10.7. The van der Waals surface area contributed by atoms with Gasteiger partial charge in [0.1, 0.15) is 0 Å². The molecule has 0 unspecified atom stereocenters. The predicted octanol–water partition coefficient (Wildman–Crippen LogP) is 2.67. The van der Waals surface area contributed by atoms with Gasteiger partial charge in [0.15, 0.2) is 0 Å².